The molecule has 0 spiro atoms. The lowest BCUT2D eigenvalue weighted by atomic mass is 10.1. The number of hydrogen-bond acceptors (Lipinski definition) is 5. The number of carbonyl (C=O) groups is 3. The zero-order valence-electron chi connectivity index (χ0n) is 16.6. The quantitative estimate of drug-likeness (QED) is 0.261. The van der Waals surface area contributed by atoms with E-state index in [-0.39, 0.29) is 24.8 Å². The van der Waals surface area contributed by atoms with Crippen molar-refractivity contribution in [1.82, 2.24) is 10.2 Å². The first-order valence-electron chi connectivity index (χ1n) is 9.35. The van der Waals surface area contributed by atoms with Crippen molar-refractivity contribution >= 4 is 46.6 Å². The molecule has 1 fully saturated rings. The number of aryl methyl sites for hydroxylation is 1. The molecule has 0 unspecified atom stereocenters. The normalized spacial score (nSPS) is 14.8. The van der Waals surface area contributed by atoms with Crippen molar-refractivity contribution < 1.29 is 23.9 Å². The van der Waals surface area contributed by atoms with Crippen LogP contribution in [0.5, 0.6) is 5.75 Å². The Labute approximate surface area is 188 Å². The Morgan fingerprint density at radius 3 is 2.70 bits per heavy atom. The maximum Gasteiger partial charge on any atom is 0.344 e. The third-order valence-electron chi connectivity index (χ3n) is 4.30. The Balaban J connectivity index is 1.70. The predicted octanol–water partition coefficient (Wildman–Crippen LogP) is 3.63. The first-order chi connectivity index (χ1) is 14.4. The summed E-state index contributed by atoms with van der Waals surface area (Å²) >= 11 is 2.08. The number of halogens is 1. The van der Waals surface area contributed by atoms with E-state index in [4.69, 9.17) is 9.47 Å². The van der Waals surface area contributed by atoms with Crippen LogP contribution in [0.3, 0.4) is 0 Å². The van der Waals surface area contributed by atoms with Gasteiger partial charge in [0.05, 0.1) is 16.7 Å². The Morgan fingerprint density at radius 2 is 2.00 bits per heavy atom. The van der Waals surface area contributed by atoms with Crippen molar-refractivity contribution in [3.05, 3.63) is 68.4 Å². The lowest BCUT2D eigenvalue weighted by molar-refractivity contribution is -0.145. The van der Waals surface area contributed by atoms with Crippen LogP contribution < -0.4 is 10.1 Å². The number of imide groups is 1. The maximum atomic E-state index is 12.7. The lowest BCUT2D eigenvalue weighted by Crippen LogP contribution is -2.30. The molecule has 1 heterocycles. The number of nitrogens with zero attached hydrogens (tertiary/aromatic N) is 1. The first-order valence-corrected chi connectivity index (χ1v) is 10.4. The average molecular weight is 520 g/mol. The zero-order valence-corrected chi connectivity index (χ0v) is 18.8. The highest BCUT2D eigenvalue weighted by molar-refractivity contribution is 14.1. The molecule has 0 radical (unpaired) electrons. The Morgan fingerprint density at radius 1 is 1.20 bits per heavy atom. The van der Waals surface area contributed by atoms with Gasteiger partial charge in [0.25, 0.3) is 5.91 Å². The number of carbonyl (C=O) groups excluding carboxylic acids is 3. The molecule has 0 aliphatic carbocycles. The fourth-order valence-corrected chi connectivity index (χ4v) is 3.63. The van der Waals surface area contributed by atoms with Gasteiger partial charge in [0, 0.05) is 0 Å². The maximum absolute atomic E-state index is 12.7. The van der Waals surface area contributed by atoms with Gasteiger partial charge in [-0.25, -0.2) is 9.59 Å². The van der Waals surface area contributed by atoms with Crippen LogP contribution in [0.2, 0.25) is 0 Å². The van der Waals surface area contributed by atoms with Gasteiger partial charge in [-0.3, -0.25) is 9.69 Å². The second-order valence-corrected chi connectivity index (χ2v) is 7.81. The highest BCUT2D eigenvalue weighted by Crippen LogP contribution is 2.24. The van der Waals surface area contributed by atoms with Crippen LogP contribution in [0.4, 0.5) is 4.79 Å². The number of urea groups is 1. The van der Waals surface area contributed by atoms with Crippen molar-refractivity contribution in [2.75, 3.05) is 13.2 Å². The second-order valence-electron chi connectivity index (χ2n) is 6.65. The molecule has 0 aromatic heterocycles. The molecule has 7 nitrogen and oxygen atoms in total. The highest BCUT2D eigenvalue weighted by atomic mass is 127. The predicted molar refractivity (Wildman–Crippen MR) is 120 cm³/mol. The topological polar surface area (TPSA) is 84.9 Å². The summed E-state index contributed by atoms with van der Waals surface area (Å²) in [5, 5.41) is 2.63. The summed E-state index contributed by atoms with van der Waals surface area (Å²) < 4.78 is 11.1. The van der Waals surface area contributed by atoms with E-state index < -0.39 is 12.0 Å². The molecule has 1 saturated heterocycles. The molecule has 3 amide bonds. The molecule has 3 rings (SSSR count). The summed E-state index contributed by atoms with van der Waals surface area (Å²) in [7, 11) is 0. The van der Waals surface area contributed by atoms with Gasteiger partial charge < -0.3 is 14.8 Å². The number of ether oxygens (including phenoxy) is 2. The number of amides is 3. The van der Waals surface area contributed by atoms with E-state index in [0.717, 1.165) is 20.3 Å². The summed E-state index contributed by atoms with van der Waals surface area (Å²) in [6, 6.07) is 12.5. The monoisotopic (exact) mass is 520 g/mol. The van der Waals surface area contributed by atoms with Crippen LogP contribution in [-0.2, 0) is 20.9 Å². The van der Waals surface area contributed by atoms with Gasteiger partial charge in [0.15, 0.2) is 6.61 Å². The van der Waals surface area contributed by atoms with E-state index in [1.807, 2.05) is 31.2 Å². The SMILES string of the molecule is CCOC(=O)COc1ccc(/C=C2/NC(=O)N(Cc3cccc(C)c3)C2=O)cc1I. The molecule has 1 N–H and O–H groups in total. The van der Waals surface area contributed by atoms with Crippen molar-refractivity contribution in [2.45, 2.75) is 20.4 Å². The summed E-state index contributed by atoms with van der Waals surface area (Å²) in [6.45, 7) is 4.03. The van der Waals surface area contributed by atoms with Crippen molar-refractivity contribution in [3.63, 3.8) is 0 Å². The van der Waals surface area contributed by atoms with Crippen molar-refractivity contribution in [1.29, 1.82) is 0 Å². The van der Waals surface area contributed by atoms with Crippen molar-refractivity contribution in [3.8, 4) is 5.75 Å². The van der Waals surface area contributed by atoms with Crippen LogP contribution in [0, 0.1) is 10.5 Å². The minimum absolute atomic E-state index is 0.174. The molecule has 156 valence electrons. The van der Waals surface area contributed by atoms with E-state index in [0.29, 0.717) is 12.4 Å². The van der Waals surface area contributed by atoms with E-state index in [2.05, 4.69) is 27.9 Å². The van der Waals surface area contributed by atoms with Gasteiger partial charge >= 0.3 is 12.0 Å². The van der Waals surface area contributed by atoms with Crippen LogP contribution in [0.25, 0.3) is 6.08 Å². The fraction of sp³-hybridized carbons (Fsp3) is 0.227. The van der Waals surface area contributed by atoms with Crippen molar-refractivity contribution in [2.24, 2.45) is 0 Å². The standard InChI is InChI=1S/C22H21IN2O5/c1-3-29-20(26)13-30-19-8-7-15(10-17(19)23)11-18-21(27)25(22(28)24-18)12-16-6-4-5-14(2)9-16/h4-11H,3,12-13H2,1-2H3,(H,24,28)/b18-11+. The van der Waals surface area contributed by atoms with Crippen LogP contribution in [0.15, 0.2) is 48.2 Å². The van der Waals surface area contributed by atoms with E-state index in [9.17, 15) is 14.4 Å². The molecule has 2 aromatic carbocycles. The third-order valence-corrected chi connectivity index (χ3v) is 5.15. The Hall–Kier alpha value is -2.88. The van der Waals surface area contributed by atoms with E-state index in [1.54, 1.807) is 31.2 Å². The number of rotatable bonds is 7. The molecule has 2 aromatic rings. The molecule has 1 aliphatic heterocycles. The summed E-state index contributed by atoms with van der Waals surface area (Å²) in [6.07, 6.45) is 1.62. The average Bonchev–Trinajstić information content (AvgIpc) is 2.95. The number of hydrogen-bond donors (Lipinski definition) is 1. The van der Waals surface area contributed by atoms with Crippen LogP contribution in [0.1, 0.15) is 23.6 Å². The third kappa shape index (κ3) is 5.38. The highest BCUT2D eigenvalue weighted by Gasteiger charge is 2.33. The van der Waals surface area contributed by atoms with Crippen LogP contribution in [-0.4, -0.2) is 36.0 Å². The molecule has 0 bridgehead atoms. The Bertz CT molecular complexity index is 1020. The number of esters is 1. The van der Waals surface area contributed by atoms with Gasteiger partial charge in [-0.05, 0) is 65.8 Å². The molecule has 8 heteroatoms. The van der Waals surface area contributed by atoms with Gasteiger partial charge in [-0.15, -0.1) is 0 Å². The molecular formula is C22H21IN2O5. The minimum Gasteiger partial charge on any atom is -0.481 e. The van der Waals surface area contributed by atoms with E-state index in [1.165, 1.54) is 4.90 Å². The van der Waals surface area contributed by atoms with Crippen LogP contribution >= 0.6 is 22.6 Å². The lowest BCUT2D eigenvalue weighted by Gasteiger charge is -2.12. The minimum atomic E-state index is -0.447. The molecule has 0 saturated carbocycles. The second kappa shape index (κ2) is 9.75. The molecule has 30 heavy (non-hydrogen) atoms. The fourth-order valence-electron chi connectivity index (χ4n) is 2.94. The largest absolute Gasteiger partial charge is 0.481 e. The van der Waals surface area contributed by atoms with E-state index >= 15 is 0 Å². The summed E-state index contributed by atoms with van der Waals surface area (Å²) in [5.74, 6) is -0.278. The van der Waals surface area contributed by atoms with Gasteiger partial charge in [-0.1, -0.05) is 35.9 Å². The Kier molecular flexibility index (Phi) is 7.09. The smallest absolute Gasteiger partial charge is 0.344 e. The zero-order chi connectivity index (χ0) is 21.7. The molecule has 1 aliphatic rings. The van der Waals surface area contributed by atoms with Gasteiger partial charge in [0.1, 0.15) is 11.4 Å². The van der Waals surface area contributed by atoms with Gasteiger partial charge in [-0.2, -0.15) is 0 Å². The molecular weight excluding hydrogens is 499 g/mol. The molecule has 0 atom stereocenters. The summed E-state index contributed by atoms with van der Waals surface area (Å²) in [4.78, 5) is 37.6. The first kappa shape index (κ1) is 21.8. The number of nitrogens with one attached hydrogen (secondary N) is 1. The number of benzene rings is 2. The summed E-state index contributed by atoms with van der Waals surface area (Å²) in [5.41, 5.74) is 2.89. The van der Waals surface area contributed by atoms with Gasteiger partial charge in [0.2, 0.25) is 0 Å².